The van der Waals surface area contributed by atoms with Crippen LogP contribution >= 0.6 is 0 Å². The summed E-state index contributed by atoms with van der Waals surface area (Å²) < 4.78 is 53.4. The van der Waals surface area contributed by atoms with Gasteiger partial charge in [-0.15, -0.1) is 0 Å². The topological polar surface area (TPSA) is 98.8 Å². The van der Waals surface area contributed by atoms with E-state index in [4.69, 9.17) is 9.15 Å². The molecule has 1 heterocycles. The molecular weight excluding hydrogens is 439 g/mol. The van der Waals surface area contributed by atoms with Crippen LogP contribution in [-0.2, 0) is 17.1 Å². The summed E-state index contributed by atoms with van der Waals surface area (Å²) in [6.07, 6.45) is 0. The van der Waals surface area contributed by atoms with E-state index in [2.05, 4.69) is 0 Å². The fourth-order valence-corrected chi connectivity index (χ4v) is 4.63. The number of amides is 1. The number of halogens is 1. The Morgan fingerprint density at radius 2 is 1.75 bits per heavy atom. The molecule has 0 bridgehead atoms. The van der Waals surface area contributed by atoms with Gasteiger partial charge < -0.3 is 9.15 Å². The second kappa shape index (κ2) is 7.97. The van der Waals surface area contributed by atoms with Crippen LogP contribution in [0.5, 0.6) is 5.75 Å². The Morgan fingerprint density at radius 3 is 2.41 bits per heavy atom. The van der Waals surface area contributed by atoms with Crippen molar-refractivity contribution in [2.45, 2.75) is 4.90 Å². The van der Waals surface area contributed by atoms with E-state index >= 15 is 0 Å². The van der Waals surface area contributed by atoms with Gasteiger partial charge in [-0.1, -0.05) is 12.1 Å². The number of oxazole rings is 1. The van der Waals surface area contributed by atoms with Crippen molar-refractivity contribution in [2.24, 2.45) is 7.05 Å². The van der Waals surface area contributed by atoms with Gasteiger partial charge in [-0.25, -0.2) is 17.6 Å². The van der Waals surface area contributed by atoms with E-state index in [9.17, 15) is 22.4 Å². The Morgan fingerprint density at radius 1 is 1.06 bits per heavy atom. The van der Waals surface area contributed by atoms with Crippen LogP contribution in [0.15, 0.2) is 80.8 Å². The van der Waals surface area contributed by atoms with Crippen LogP contribution in [0.2, 0.25) is 0 Å². The highest BCUT2D eigenvalue weighted by Crippen LogP contribution is 2.29. The standard InChI is InChI=1S/C22H17FN2O6S/c1-24-19-12-11-16(13-20(19)31-22(24)27)32(28,29)25(14-7-9-15(30-2)10-8-14)21(26)17-5-3-4-6-18(17)23/h3-13H,1-2H3. The molecule has 8 nitrogen and oxygen atoms in total. The molecule has 0 spiro atoms. The minimum atomic E-state index is -4.53. The summed E-state index contributed by atoms with van der Waals surface area (Å²) in [6.45, 7) is 0. The van der Waals surface area contributed by atoms with Crippen LogP contribution in [0.1, 0.15) is 10.4 Å². The number of nitrogens with zero attached hydrogens (tertiary/aromatic N) is 2. The summed E-state index contributed by atoms with van der Waals surface area (Å²) in [5.74, 6) is -2.17. The van der Waals surface area contributed by atoms with Gasteiger partial charge in [0.25, 0.3) is 15.9 Å². The quantitative estimate of drug-likeness (QED) is 0.457. The SMILES string of the molecule is COc1ccc(N(C(=O)c2ccccc2F)S(=O)(=O)c2ccc3c(c2)oc(=O)n3C)cc1. The molecule has 0 atom stereocenters. The molecule has 0 aliphatic heterocycles. The van der Waals surface area contributed by atoms with E-state index in [0.29, 0.717) is 15.6 Å². The fourth-order valence-electron chi connectivity index (χ4n) is 3.21. The largest absolute Gasteiger partial charge is 0.497 e. The molecule has 4 rings (SSSR count). The highest BCUT2D eigenvalue weighted by molar-refractivity contribution is 7.93. The summed E-state index contributed by atoms with van der Waals surface area (Å²) in [4.78, 5) is 24.7. The number of fused-ring (bicyclic) bond motifs is 1. The van der Waals surface area contributed by atoms with Gasteiger partial charge in [0, 0.05) is 13.1 Å². The van der Waals surface area contributed by atoms with Crippen molar-refractivity contribution in [2.75, 3.05) is 11.4 Å². The maximum atomic E-state index is 14.4. The van der Waals surface area contributed by atoms with Gasteiger partial charge in [-0.2, -0.15) is 4.31 Å². The smallest absolute Gasteiger partial charge is 0.419 e. The van der Waals surface area contributed by atoms with Gasteiger partial charge in [0.05, 0.1) is 28.8 Å². The van der Waals surface area contributed by atoms with Crippen molar-refractivity contribution >= 4 is 32.7 Å². The molecule has 0 saturated carbocycles. The zero-order valence-corrected chi connectivity index (χ0v) is 17.8. The highest BCUT2D eigenvalue weighted by atomic mass is 32.2. The Hall–Kier alpha value is -3.92. The minimum Gasteiger partial charge on any atom is -0.497 e. The molecule has 0 aliphatic rings. The number of aryl methyl sites for hydroxylation is 1. The van der Waals surface area contributed by atoms with Crippen LogP contribution in [0.4, 0.5) is 10.1 Å². The predicted octanol–water partition coefficient (Wildman–Crippen LogP) is 3.31. The molecule has 10 heteroatoms. The Labute approximate surface area is 182 Å². The molecule has 0 aliphatic carbocycles. The number of rotatable bonds is 5. The lowest BCUT2D eigenvalue weighted by Gasteiger charge is -2.23. The van der Waals surface area contributed by atoms with Crippen LogP contribution in [0, 0.1) is 5.82 Å². The van der Waals surface area contributed by atoms with Crippen molar-refractivity contribution < 1.29 is 26.8 Å². The third-order valence-corrected chi connectivity index (χ3v) is 6.60. The van der Waals surface area contributed by atoms with Crippen molar-refractivity contribution in [1.29, 1.82) is 0 Å². The van der Waals surface area contributed by atoms with Crippen LogP contribution in [0.25, 0.3) is 11.1 Å². The first kappa shape index (κ1) is 21.3. The minimum absolute atomic E-state index is 0.0198. The number of anilines is 1. The first-order valence-electron chi connectivity index (χ1n) is 9.32. The Bertz CT molecular complexity index is 1490. The van der Waals surface area contributed by atoms with Gasteiger partial charge in [0.2, 0.25) is 0 Å². The maximum Gasteiger partial charge on any atom is 0.419 e. The summed E-state index contributed by atoms with van der Waals surface area (Å²) >= 11 is 0. The van der Waals surface area contributed by atoms with E-state index < -0.39 is 33.1 Å². The molecule has 0 N–H and O–H groups in total. The number of methoxy groups -OCH3 is 1. The summed E-state index contributed by atoms with van der Waals surface area (Å²) in [5, 5.41) is 0. The molecule has 0 fully saturated rings. The van der Waals surface area contributed by atoms with E-state index in [0.717, 1.165) is 12.1 Å². The lowest BCUT2D eigenvalue weighted by Crippen LogP contribution is -2.37. The predicted molar refractivity (Wildman–Crippen MR) is 115 cm³/mol. The number of ether oxygens (including phenoxy) is 1. The summed E-state index contributed by atoms with van der Waals surface area (Å²) in [7, 11) is -1.61. The van der Waals surface area contributed by atoms with E-state index in [1.54, 1.807) is 0 Å². The van der Waals surface area contributed by atoms with Crippen LogP contribution in [-0.4, -0.2) is 26.0 Å². The molecule has 0 radical (unpaired) electrons. The Balaban J connectivity index is 1.90. The molecule has 1 amide bonds. The van der Waals surface area contributed by atoms with Gasteiger partial charge in [0.15, 0.2) is 5.58 Å². The van der Waals surface area contributed by atoms with Gasteiger partial charge in [0.1, 0.15) is 11.6 Å². The molecule has 164 valence electrons. The Kier molecular flexibility index (Phi) is 5.31. The number of carbonyl (C=O) groups is 1. The summed E-state index contributed by atoms with van der Waals surface area (Å²) in [5.41, 5.74) is -0.0233. The molecule has 0 unspecified atom stereocenters. The monoisotopic (exact) mass is 456 g/mol. The molecule has 3 aromatic carbocycles. The second-order valence-electron chi connectivity index (χ2n) is 6.81. The van der Waals surface area contributed by atoms with Gasteiger partial charge in [-0.05, 0) is 48.5 Å². The van der Waals surface area contributed by atoms with Gasteiger partial charge in [-0.3, -0.25) is 9.36 Å². The first-order chi connectivity index (χ1) is 15.2. The van der Waals surface area contributed by atoms with Crippen molar-refractivity contribution in [1.82, 2.24) is 4.57 Å². The lowest BCUT2D eigenvalue weighted by molar-refractivity contribution is 0.100. The van der Waals surface area contributed by atoms with Gasteiger partial charge >= 0.3 is 5.76 Å². The number of hydrogen-bond donors (Lipinski definition) is 0. The van der Waals surface area contributed by atoms with Crippen molar-refractivity contribution in [3.63, 3.8) is 0 Å². The molecular formula is C22H17FN2O6S. The molecule has 32 heavy (non-hydrogen) atoms. The molecule has 4 aromatic rings. The third kappa shape index (κ3) is 3.54. The second-order valence-corrected chi connectivity index (χ2v) is 8.60. The van der Waals surface area contributed by atoms with E-state index in [1.807, 2.05) is 0 Å². The number of aromatic nitrogens is 1. The van der Waals surface area contributed by atoms with Crippen molar-refractivity contribution in [3.8, 4) is 5.75 Å². The lowest BCUT2D eigenvalue weighted by atomic mass is 10.2. The maximum absolute atomic E-state index is 14.4. The van der Waals surface area contributed by atoms with E-state index in [1.165, 1.54) is 73.3 Å². The first-order valence-corrected chi connectivity index (χ1v) is 10.8. The zero-order valence-electron chi connectivity index (χ0n) is 17.0. The van der Waals surface area contributed by atoms with Crippen molar-refractivity contribution in [3.05, 3.63) is 88.7 Å². The number of sulfonamides is 1. The van der Waals surface area contributed by atoms with Crippen LogP contribution in [0.3, 0.4) is 0 Å². The molecule has 0 saturated heterocycles. The zero-order chi connectivity index (χ0) is 23.0. The fraction of sp³-hybridized carbons (Fsp3) is 0.0909. The average Bonchev–Trinajstić information content (AvgIpc) is 3.07. The normalized spacial score (nSPS) is 11.5. The highest BCUT2D eigenvalue weighted by Gasteiger charge is 2.33. The average molecular weight is 456 g/mol. The number of hydrogen-bond acceptors (Lipinski definition) is 6. The number of benzene rings is 3. The van der Waals surface area contributed by atoms with Crippen LogP contribution < -0.4 is 14.8 Å². The van der Waals surface area contributed by atoms with E-state index in [-0.39, 0.29) is 16.2 Å². The molecule has 1 aromatic heterocycles. The third-order valence-electron chi connectivity index (χ3n) is 4.90. The number of carbonyl (C=O) groups excluding carboxylic acids is 1. The summed E-state index contributed by atoms with van der Waals surface area (Å²) in [6, 6.07) is 14.6.